The third-order valence-electron chi connectivity index (χ3n) is 4.59. The predicted molar refractivity (Wildman–Crippen MR) is 107 cm³/mol. The second kappa shape index (κ2) is 10.9. The lowest BCUT2D eigenvalue weighted by Crippen LogP contribution is -2.31. The van der Waals surface area contributed by atoms with Crippen LogP contribution in [-0.4, -0.2) is 59.4 Å². The van der Waals surface area contributed by atoms with Crippen LogP contribution in [0.3, 0.4) is 0 Å². The average Bonchev–Trinajstić information content (AvgIpc) is 3.26. The highest BCUT2D eigenvalue weighted by Crippen LogP contribution is 2.38. The molecule has 1 atom stereocenters. The monoisotopic (exact) mass is 433 g/mol. The van der Waals surface area contributed by atoms with Crippen LogP contribution >= 0.6 is 0 Å². The van der Waals surface area contributed by atoms with Gasteiger partial charge in [-0.15, -0.1) is 0 Å². The summed E-state index contributed by atoms with van der Waals surface area (Å²) in [6.07, 6.45) is 1.26. The van der Waals surface area contributed by atoms with Crippen molar-refractivity contribution >= 4 is 23.8 Å². The van der Waals surface area contributed by atoms with Crippen molar-refractivity contribution in [1.29, 1.82) is 5.26 Å². The summed E-state index contributed by atoms with van der Waals surface area (Å²) in [5.41, 5.74) is -1.01. The Morgan fingerprint density at radius 3 is 2.68 bits per heavy atom. The van der Waals surface area contributed by atoms with E-state index in [1.54, 1.807) is 19.9 Å². The molecule has 1 aromatic carbocycles. The average molecular weight is 433 g/mol. The quantitative estimate of drug-likeness (QED) is 0.163. The highest BCUT2D eigenvalue weighted by atomic mass is 16.7. The molecule has 0 spiro atoms. The third kappa shape index (κ3) is 6.16. The maximum atomic E-state index is 12.4. The zero-order valence-electron chi connectivity index (χ0n) is 17.2. The van der Waals surface area contributed by atoms with Gasteiger partial charge in [0.2, 0.25) is 5.75 Å². The van der Waals surface area contributed by atoms with Gasteiger partial charge < -0.3 is 24.2 Å². The van der Waals surface area contributed by atoms with E-state index in [0.29, 0.717) is 19.7 Å². The molecule has 11 heteroatoms. The Hall–Kier alpha value is -3.65. The summed E-state index contributed by atoms with van der Waals surface area (Å²) >= 11 is 0. The van der Waals surface area contributed by atoms with Crippen LogP contribution in [0.15, 0.2) is 17.7 Å². The van der Waals surface area contributed by atoms with Gasteiger partial charge in [-0.1, -0.05) is 0 Å². The number of likely N-dealkylation sites (N-methyl/N-ethyl adjacent to an activating group) is 1. The van der Waals surface area contributed by atoms with Gasteiger partial charge in [-0.3, -0.25) is 14.9 Å². The predicted octanol–water partition coefficient (Wildman–Crippen LogP) is 2.77. The molecule has 1 aliphatic heterocycles. The first kappa shape index (κ1) is 23.6. The molecule has 166 valence electrons. The first-order chi connectivity index (χ1) is 14.8. The highest BCUT2D eigenvalue weighted by molar-refractivity contribution is 6.01. The summed E-state index contributed by atoms with van der Waals surface area (Å²) < 4.78 is 15.2. The fourth-order valence-electron chi connectivity index (χ4n) is 2.96. The molecule has 1 aromatic rings. The van der Waals surface area contributed by atoms with E-state index in [1.165, 1.54) is 4.90 Å². The molecular weight excluding hydrogens is 410 g/mol. The largest absolute Gasteiger partial charge is 0.514 e. The Balaban J connectivity index is 2.30. The molecule has 1 aliphatic rings. The van der Waals surface area contributed by atoms with Crippen molar-refractivity contribution < 1.29 is 33.8 Å². The summed E-state index contributed by atoms with van der Waals surface area (Å²) in [6, 6.07) is 3.83. The van der Waals surface area contributed by atoms with E-state index in [0.717, 1.165) is 31.1 Å². The fourth-order valence-corrected chi connectivity index (χ4v) is 2.96. The lowest BCUT2D eigenvalue weighted by molar-refractivity contribution is -0.385. The minimum Gasteiger partial charge on any atom is -0.499 e. The number of ether oxygens (including phenoxy) is 3. The number of phenols is 1. The number of nitro groups is 1. The molecule has 0 aromatic heterocycles. The lowest BCUT2D eigenvalue weighted by atomic mass is 10.1. The SMILES string of the molecule is CCN(CC)C(=O)/C(C#N)=C/c1cc(OC(=O)OCC2CCCO2)c(O)c([N+](=O)[O-])c1. The van der Waals surface area contributed by atoms with Gasteiger partial charge in [0.05, 0.1) is 11.0 Å². The fraction of sp³-hybridized carbons (Fsp3) is 0.450. The van der Waals surface area contributed by atoms with E-state index in [2.05, 4.69) is 0 Å². The number of nitriles is 1. The first-order valence-electron chi connectivity index (χ1n) is 9.69. The Bertz CT molecular complexity index is 912. The molecule has 2 rings (SSSR count). The van der Waals surface area contributed by atoms with Crippen molar-refractivity contribution in [1.82, 2.24) is 4.90 Å². The summed E-state index contributed by atoms with van der Waals surface area (Å²) in [5.74, 6) is -1.98. The maximum absolute atomic E-state index is 12.4. The van der Waals surface area contributed by atoms with Crippen LogP contribution < -0.4 is 4.74 Å². The van der Waals surface area contributed by atoms with E-state index in [-0.39, 0.29) is 23.8 Å². The molecule has 1 heterocycles. The lowest BCUT2D eigenvalue weighted by Gasteiger charge is -2.17. The van der Waals surface area contributed by atoms with Gasteiger partial charge in [0.25, 0.3) is 5.91 Å². The molecule has 11 nitrogen and oxygen atoms in total. The number of benzene rings is 1. The van der Waals surface area contributed by atoms with Gasteiger partial charge in [-0.2, -0.15) is 5.26 Å². The van der Waals surface area contributed by atoms with Crippen molar-refractivity contribution in [2.75, 3.05) is 26.3 Å². The maximum Gasteiger partial charge on any atom is 0.514 e. The van der Waals surface area contributed by atoms with Crippen LogP contribution in [0.25, 0.3) is 6.08 Å². The summed E-state index contributed by atoms with van der Waals surface area (Å²) in [5, 5.41) is 30.8. The van der Waals surface area contributed by atoms with Crippen LogP contribution in [-0.2, 0) is 14.3 Å². The number of rotatable bonds is 8. The Kier molecular flexibility index (Phi) is 8.33. The second-order valence-corrected chi connectivity index (χ2v) is 6.59. The van der Waals surface area contributed by atoms with Crippen LogP contribution in [0, 0.1) is 21.4 Å². The van der Waals surface area contributed by atoms with E-state index < -0.39 is 34.2 Å². The van der Waals surface area contributed by atoms with Crippen molar-refractivity contribution in [2.24, 2.45) is 0 Å². The normalized spacial score (nSPS) is 15.8. The molecule has 1 saturated heterocycles. The van der Waals surface area contributed by atoms with Crippen LogP contribution in [0.2, 0.25) is 0 Å². The molecule has 1 amide bonds. The Morgan fingerprint density at radius 1 is 1.42 bits per heavy atom. The number of carbonyl (C=O) groups excluding carboxylic acids is 2. The first-order valence-corrected chi connectivity index (χ1v) is 9.69. The minimum absolute atomic E-state index is 0.0171. The summed E-state index contributed by atoms with van der Waals surface area (Å²) in [7, 11) is 0. The van der Waals surface area contributed by atoms with Gasteiger partial charge in [0.15, 0.2) is 5.75 Å². The third-order valence-corrected chi connectivity index (χ3v) is 4.59. The number of carbonyl (C=O) groups is 2. The van der Waals surface area contributed by atoms with Crippen LogP contribution in [0.4, 0.5) is 10.5 Å². The van der Waals surface area contributed by atoms with Crippen molar-refractivity contribution in [3.8, 4) is 17.6 Å². The topological polar surface area (TPSA) is 152 Å². The standard InChI is InChI=1S/C20H23N3O8/c1-3-22(4-2)19(25)14(11-21)8-13-9-16(23(27)28)18(24)17(10-13)31-20(26)30-12-15-6-5-7-29-15/h8-10,15,24H,3-7,12H2,1-2H3/b14-8+. The molecule has 0 aliphatic carbocycles. The molecule has 1 fully saturated rings. The highest BCUT2D eigenvalue weighted by Gasteiger charge is 2.24. The van der Waals surface area contributed by atoms with Gasteiger partial charge >= 0.3 is 11.8 Å². The number of hydrogen-bond acceptors (Lipinski definition) is 9. The molecule has 1 N–H and O–H groups in total. The van der Waals surface area contributed by atoms with Crippen molar-refractivity contribution in [2.45, 2.75) is 32.8 Å². The number of nitro benzene ring substituents is 1. The van der Waals surface area contributed by atoms with E-state index in [1.807, 2.05) is 0 Å². The van der Waals surface area contributed by atoms with E-state index in [4.69, 9.17) is 14.2 Å². The number of aromatic hydroxyl groups is 1. The molecule has 0 saturated carbocycles. The Morgan fingerprint density at radius 2 is 2.13 bits per heavy atom. The number of amides is 1. The summed E-state index contributed by atoms with van der Waals surface area (Å²) in [6.45, 7) is 4.74. The van der Waals surface area contributed by atoms with Gasteiger partial charge in [-0.05, 0) is 44.4 Å². The number of hydrogen-bond donors (Lipinski definition) is 1. The second-order valence-electron chi connectivity index (χ2n) is 6.59. The van der Waals surface area contributed by atoms with Crippen molar-refractivity contribution in [3.63, 3.8) is 0 Å². The zero-order chi connectivity index (χ0) is 23.0. The smallest absolute Gasteiger partial charge is 0.499 e. The van der Waals surface area contributed by atoms with Crippen LogP contribution in [0.5, 0.6) is 11.5 Å². The molecular formula is C20H23N3O8. The van der Waals surface area contributed by atoms with E-state index in [9.17, 15) is 30.1 Å². The molecule has 0 bridgehead atoms. The molecule has 0 radical (unpaired) electrons. The summed E-state index contributed by atoms with van der Waals surface area (Å²) in [4.78, 5) is 36.2. The molecule has 31 heavy (non-hydrogen) atoms. The minimum atomic E-state index is -1.18. The van der Waals surface area contributed by atoms with Gasteiger partial charge in [0.1, 0.15) is 18.2 Å². The Labute approximate surface area is 178 Å². The molecule has 1 unspecified atom stereocenters. The zero-order valence-corrected chi connectivity index (χ0v) is 17.2. The van der Waals surface area contributed by atoms with E-state index >= 15 is 0 Å². The van der Waals surface area contributed by atoms with Crippen molar-refractivity contribution in [3.05, 3.63) is 33.4 Å². The number of phenolic OH excluding ortho intramolecular Hbond substituents is 1. The number of nitrogens with zero attached hydrogens (tertiary/aromatic N) is 3. The van der Waals surface area contributed by atoms with Gasteiger partial charge in [-0.25, -0.2) is 4.79 Å². The van der Waals surface area contributed by atoms with Crippen LogP contribution in [0.1, 0.15) is 32.3 Å². The van der Waals surface area contributed by atoms with Gasteiger partial charge in [0, 0.05) is 25.8 Å².